The second-order valence-electron chi connectivity index (χ2n) is 12.2. The topological polar surface area (TPSA) is 149 Å². The lowest BCUT2D eigenvalue weighted by molar-refractivity contribution is -0.268. The van der Waals surface area contributed by atoms with Crippen LogP contribution in [0.2, 0.25) is 0 Å². The van der Waals surface area contributed by atoms with Crippen molar-refractivity contribution < 1.29 is 29.3 Å². The van der Waals surface area contributed by atoms with E-state index >= 15 is 0 Å². The average Bonchev–Trinajstić information content (AvgIpc) is 3.63. The molecule has 6 rings (SSSR count). The molecule has 50 heavy (non-hydrogen) atoms. The van der Waals surface area contributed by atoms with Crippen molar-refractivity contribution in [3.8, 4) is 16.8 Å². The summed E-state index contributed by atoms with van der Waals surface area (Å²) < 4.78 is 15.1. The first-order chi connectivity index (χ1) is 24.4. The van der Waals surface area contributed by atoms with Crippen molar-refractivity contribution in [2.45, 2.75) is 63.0 Å². The van der Waals surface area contributed by atoms with Crippen molar-refractivity contribution >= 4 is 23.6 Å². The van der Waals surface area contributed by atoms with Gasteiger partial charge < -0.3 is 25.0 Å². The molecule has 0 radical (unpaired) electrons. The number of carboxylic acids is 1. The predicted octanol–water partition coefficient (Wildman–Crippen LogP) is 6.28. The molecule has 0 aliphatic carbocycles. The maximum atomic E-state index is 12.2. The first-order valence-electron chi connectivity index (χ1n) is 16.5. The van der Waals surface area contributed by atoms with Crippen LogP contribution in [0.1, 0.15) is 60.8 Å². The van der Waals surface area contributed by atoms with E-state index in [1.165, 1.54) is 11.8 Å². The van der Waals surface area contributed by atoms with Crippen LogP contribution in [-0.2, 0) is 32.2 Å². The third-order valence-electron chi connectivity index (χ3n) is 8.65. The minimum atomic E-state index is -0.908. The number of carboxylic acid groups (broad SMARTS) is 1. The number of benzene rings is 4. The number of rotatable bonds is 14. The number of tetrazole rings is 1. The van der Waals surface area contributed by atoms with Crippen LogP contribution in [0.15, 0.2) is 108 Å². The number of para-hydroxylation sites is 1. The Balaban J connectivity index is 1.21. The quantitative estimate of drug-likeness (QED) is 0.114. The maximum Gasteiger partial charge on any atom is 0.303 e. The van der Waals surface area contributed by atoms with E-state index in [1.807, 2.05) is 97.1 Å². The summed E-state index contributed by atoms with van der Waals surface area (Å²) in [5.74, 6) is -0.512. The Morgan fingerprint density at radius 1 is 0.860 bits per heavy atom. The number of hydrogen-bond donors (Lipinski definition) is 3. The Bertz CT molecular complexity index is 1890. The van der Waals surface area contributed by atoms with Gasteiger partial charge in [0.05, 0.1) is 24.5 Å². The molecular formula is C38H39N5O6S. The third kappa shape index (κ3) is 8.82. The highest BCUT2D eigenvalue weighted by Gasteiger charge is 2.38. The molecule has 11 nitrogen and oxygen atoms in total. The van der Waals surface area contributed by atoms with Crippen molar-refractivity contribution in [1.29, 1.82) is 0 Å². The molecule has 258 valence electrons. The Labute approximate surface area is 294 Å². The summed E-state index contributed by atoms with van der Waals surface area (Å²) >= 11 is 1.53. The molecule has 3 N–H and O–H groups in total. The fourth-order valence-electron chi connectivity index (χ4n) is 5.88. The van der Waals surface area contributed by atoms with Crippen LogP contribution in [0.4, 0.5) is 0 Å². The number of aliphatic hydroxyl groups excluding tert-OH is 1. The summed E-state index contributed by atoms with van der Waals surface area (Å²) in [4.78, 5) is 23.0. The van der Waals surface area contributed by atoms with E-state index < -0.39 is 12.3 Å². The second-order valence-corrected chi connectivity index (χ2v) is 13.2. The standard InChI is InChI=1S/C38H39N5O6S/c1-25-33(24-50-38-40-41-42-43(38)32-12-3-2-4-13-32)48-37(49-36(25)28-18-16-26(23-44)17-19-28)31-11-6-10-30(21-31)29-9-5-8-27(20-29)22-39-34(45)14-7-15-35(46)47/h2-6,8-13,16-21,25,33,36-37,44H,7,14-15,22-24H2,1H3,(H,39,45)(H,46,47). The Morgan fingerprint density at radius 2 is 1.62 bits per heavy atom. The molecule has 1 saturated heterocycles. The minimum absolute atomic E-state index is 0.0148. The number of nitrogens with one attached hydrogen (secondary N) is 1. The number of aliphatic hydroxyl groups is 1. The number of hydrogen-bond acceptors (Lipinski definition) is 9. The van der Waals surface area contributed by atoms with Crippen LogP contribution < -0.4 is 5.32 Å². The predicted molar refractivity (Wildman–Crippen MR) is 188 cm³/mol. The molecule has 0 spiro atoms. The molecule has 4 aromatic carbocycles. The van der Waals surface area contributed by atoms with Crippen molar-refractivity contribution in [3.05, 3.63) is 125 Å². The molecule has 1 aromatic heterocycles. The number of aromatic nitrogens is 4. The fourth-order valence-corrected chi connectivity index (χ4v) is 6.94. The van der Waals surface area contributed by atoms with Crippen LogP contribution in [0, 0.1) is 5.92 Å². The molecule has 4 unspecified atom stereocenters. The number of aliphatic carboxylic acids is 1. The van der Waals surface area contributed by atoms with Crippen LogP contribution in [0.25, 0.3) is 16.8 Å². The van der Waals surface area contributed by atoms with E-state index in [1.54, 1.807) is 4.68 Å². The van der Waals surface area contributed by atoms with Crippen LogP contribution in [0.5, 0.6) is 0 Å². The molecule has 2 heterocycles. The van der Waals surface area contributed by atoms with E-state index in [4.69, 9.17) is 14.6 Å². The van der Waals surface area contributed by atoms with E-state index in [2.05, 4.69) is 33.8 Å². The molecule has 12 heteroatoms. The number of amides is 1. The van der Waals surface area contributed by atoms with Crippen LogP contribution >= 0.6 is 11.8 Å². The van der Waals surface area contributed by atoms with Crippen molar-refractivity contribution in [2.24, 2.45) is 5.92 Å². The van der Waals surface area contributed by atoms with Gasteiger partial charge >= 0.3 is 5.97 Å². The molecule has 0 bridgehead atoms. The van der Waals surface area contributed by atoms with Crippen molar-refractivity contribution in [1.82, 2.24) is 25.5 Å². The number of nitrogens with zero attached hydrogens (tertiary/aromatic N) is 4. The second kappa shape index (κ2) is 16.7. The number of thioether (sulfide) groups is 1. The van der Waals surface area contributed by atoms with Gasteiger partial charge in [-0.15, -0.1) is 5.10 Å². The summed E-state index contributed by atoms with van der Waals surface area (Å²) in [6, 6.07) is 33.6. The summed E-state index contributed by atoms with van der Waals surface area (Å²) in [6.45, 7) is 2.44. The SMILES string of the molecule is CC1C(CSc2nnnn2-c2ccccc2)OC(c2cccc(-c3cccc(CNC(=O)CCCC(=O)O)c3)c2)OC1c1ccc(CO)cc1. The zero-order chi connectivity index (χ0) is 34.9. The van der Waals surface area contributed by atoms with Crippen LogP contribution in [-0.4, -0.2) is 54.2 Å². The minimum Gasteiger partial charge on any atom is -0.481 e. The summed E-state index contributed by atoms with van der Waals surface area (Å²) in [6.07, 6.45) is -0.699. The van der Waals surface area contributed by atoms with Gasteiger partial charge in [-0.25, -0.2) is 0 Å². The van der Waals surface area contributed by atoms with Gasteiger partial charge in [0.2, 0.25) is 11.1 Å². The maximum absolute atomic E-state index is 12.2. The first-order valence-corrected chi connectivity index (χ1v) is 17.5. The number of ether oxygens (including phenoxy) is 2. The monoisotopic (exact) mass is 693 g/mol. The van der Waals surface area contributed by atoms with Crippen LogP contribution in [0.3, 0.4) is 0 Å². The normalized spacial score (nSPS) is 18.8. The van der Waals surface area contributed by atoms with Gasteiger partial charge in [-0.3, -0.25) is 9.59 Å². The van der Waals surface area contributed by atoms with Gasteiger partial charge in [-0.1, -0.05) is 97.5 Å². The molecule has 1 aliphatic heterocycles. The summed E-state index contributed by atoms with van der Waals surface area (Å²) in [5, 5.41) is 34.4. The zero-order valence-electron chi connectivity index (χ0n) is 27.6. The van der Waals surface area contributed by atoms with Gasteiger partial charge in [0.1, 0.15) is 0 Å². The molecule has 1 fully saturated rings. The average molecular weight is 694 g/mol. The fraction of sp³-hybridized carbons (Fsp3) is 0.289. The smallest absolute Gasteiger partial charge is 0.303 e. The summed E-state index contributed by atoms with van der Waals surface area (Å²) in [5.41, 5.74) is 6.45. The molecule has 4 atom stereocenters. The molecule has 5 aromatic rings. The Hall–Kier alpha value is -4.88. The first kappa shape index (κ1) is 35.0. The molecule has 0 saturated carbocycles. The Morgan fingerprint density at radius 3 is 2.38 bits per heavy atom. The van der Waals surface area contributed by atoms with Gasteiger partial charge in [0.15, 0.2) is 6.29 Å². The van der Waals surface area contributed by atoms with Gasteiger partial charge in [-0.05, 0) is 68.9 Å². The van der Waals surface area contributed by atoms with Crippen molar-refractivity contribution in [3.63, 3.8) is 0 Å². The highest BCUT2D eigenvalue weighted by molar-refractivity contribution is 7.99. The highest BCUT2D eigenvalue weighted by Crippen LogP contribution is 2.43. The van der Waals surface area contributed by atoms with Gasteiger partial charge in [0.25, 0.3) is 0 Å². The molecular weight excluding hydrogens is 655 g/mol. The van der Waals surface area contributed by atoms with Gasteiger partial charge in [0, 0.05) is 36.6 Å². The largest absolute Gasteiger partial charge is 0.481 e. The lowest BCUT2D eigenvalue weighted by Crippen LogP contribution is -2.38. The molecule has 1 aliphatic rings. The molecule has 1 amide bonds. The van der Waals surface area contributed by atoms with Gasteiger partial charge in [-0.2, -0.15) is 4.68 Å². The van der Waals surface area contributed by atoms with E-state index in [-0.39, 0.29) is 43.5 Å². The lowest BCUT2D eigenvalue weighted by atomic mass is 9.91. The van der Waals surface area contributed by atoms with E-state index in [0.29, 0.717) is 23.9 Å². The Kier molecular flexibility index (Phi) is 11.7. The van der Waals surface area contributed by atoms with Crippen molar-refractivity contribution in [2.75, 3.05) is 5.75 Å². The summed E-state index contributed by atoms with van der Waals surface area (Å²) in [7, 11) is 0. The highest BCUT2D eigenvalue weighted by atomic mass is 32.2. The zero-order valence-corrected chi connectivity index (χ0v) is 28.4. The van der Waals surface area contributed by atoms with E-state index in [0.717, 1.165) is 39.1 Å². The van der Waals surface area contributed by atoms with E-state index in [9.17, 15) is 14.7 Å². The number of carbonyl (C=O) groups excluding carboxylic acids is 1. The number of carbonyl (C=O) groups is 2. The lowest BCUT2D eigenvalue weighted by Gasteiger charge is -2.41. The third-order valence-corrected chi connectivity index (χ3v) is 9.65.